The summed E-state index contributed by atoms with van der Waals surface area (Å²) in [5.41, 5.74) is 2.58. The quantitative estimate of drug-likeness (QED) is 0.643. The number of nitrogens with zero attached hydrogens (tertiary/aromatic N) is 1. The van der Waals surface area contributed by atoms with E-state index in [0.29, 0.717) is 6.04 Å². The predicted molar refractivity (Wildman–Crippen MR) is 61.7 cm³/mol. The van der Waals surface area contributed by atoms with Gasteiger partial charge in [-0.1, -0.05) is 6.07 Å². The van der Waals surface area contributed by atoms with Crippen LogP contribution in [0.4, 0.5) is 5.69 Å². The molecule has 2 aliphatic heterocycles. The lowest BCUT2D eigenvalue weighted by Crippen LogP contribution is -2.46. The normalized spacial score (nSPS) is 24.1. The Hall–Kier alpha value is -1.18. The summed E-state index contributed by atoms with van der Waals surface area (Å²) in [6.07, 6.45) is 3.96. The van der Waals surface area contributed by atoms with Gasteiger partial charge in [0.2, 0.25) is 0 Å². The molecule has 2 nitrogen and oxygen atoms in total. The van der Waals surface area contributed by atoms with Gasteiger partial charge in [0.05, 0.1) is 11.7 Å². The van der Waals surface area contributed by atoms with Crippen molar-refractivity contribution in [1.29, 1.82) is 0 Å². The van der Waals surface area contributed by atoms with Crippen molar-refractivity contribution < 1.29 is 4.74 Å². The lowest BCUT2D eigenvalue weighted by molar-refractivity contribution is 0.240. The molecule has 1 unspecified atom stereocenters. The summed E-state index contributed by atoms with van der Waals surface area (Å²) < 4.78 is 5.83. The summed E-state index contributed by atoms with van der Waals surface area (Å²) >= 11 is 0. The number of aryl methyl sites for hydroxylation is 1. The molecule has 1 saturated heterocycles. The number of ether oxygens (including phenoxy) is 1. The molecule has 0 saturated carbocycles. The molecule has 1 atom stereocenters. The highest BCUT2D eigenvalue weighted by molar-refractivity contribution is 5.62. The predicted octanol–water partition coefficient (Wildman–Crippen LogP) is 2.75. The number of piperidine rings is 1. The molecule has 1 fully saturated rings. The van der Waals surface area contributed by atoms with E-state index >= 15 is 0 Å². The molecule has 1 aromatic carbocycles. The van der Waals surface area contributed by atoms with E-state index in [1.807, 2.05) is 0 Å². The Morgan fingerprint density at radius 1 is 1.33 bits per heavy atom. The van der Waals surface area contributed by atoms with Gasteiger partial charge in [-0.05, 0) is 43.9 Å². The maximum Gasteiger partial charge on any atom is 0.142 e. The van der Waals surface area contributed by atoms with Gasteiger partial charge in [0.1, 0.15) is 12.4 Å². The molecular formula is C13H17NO. The third-order valence-electron chi connectivity index (χ3n) is 3.48. The van der Waals surface area contributed by atoms with Crippen LogP contribution in [0.3, 0.4) is 0 Å². The van der Waals surface area contributed by atoms with E-state index in [2.05, 4.69) is 30.0 Å². The van der Waals surface area contributed by atoms with Gasteiger partial charge in [-0.15, -0.1) is 0 Å². The van der Waals surface area contributed by atoms with Crippen LogP contribution in [0.25, 0.3) is 0 Å². The summed E-state index contributed by atoms with van der Waals surface area (Å²) in [4.78, 5) is 2.53. The zero-order valence-electron chi connectivity index (χ0n) is 9.20. The van der Waals surface area contributed by atoms with Gasteiger partial charge in [0, 0.05) is 6.54 Å². The standard InChI is InChI=1S/C13H17NO/c1-10-5-6-12-13(8-10)15-9-11-4-2-3-7-14(11)12/h5-6,8,11H,2-4,7,9H2,1H3. The molecule has 0 spiro atoms. The van der Waals surface area contributed by atoms with Crippen LogP contribution in [-0.4, -0.2) is 19.2 Å². The van der Waals surface area contributed by atoms with Gasteiger partial charge in [0.15, 0.2) is 0 Å². The van der Waals surface area contributed by atoms with Crippen LogP contribution >= 0.6 is 0 Å². The van der Waals surface area contributed by atoms with Gasteiger partial charge in [-0.25, -0.2) is 0 Å². The first-order valence-corrected chi connectivity index (χ1v) is 5.85. The molecule has 2 heterocycles. The molecule has 0 bridgehead atoms. The van der Waals surface area contributed by atoms with Gasteiger partial charge in [-0.3, -0.25) is 0 Å². The summed E-state index contributed by atoms with van der Waals surface area (Å²) in [7, 11) is 0. The summed E-state index contributed by atoms with van der Waals surface area (Å²) in [5.74, 6) is 1.08. The van der Waals surface area contributed by atoms with Crippen LogP contribution in [0.2, 0.25) is 0 Å². The van der Waals surface area contributed by atoms with E-state index in [-0.39, 0.29) is 0 Å². The molecule has 0 N–H and O–H groups in total. The second kappa shape index (κ2) is 3.44. The zero-order valence-corrected chi connectivity index (χ0v) is 9.20. The summed E-state index contributed by atoms with van der Waals surface area (Å²) in [6.45, 7) is 4.19. The van der Waals surface area contributed by atoms with Gasteiger partial charge >= 0.3 is 0 Å². The molecule has 15 heavy (non-hydrogen) atoms. The average Bonchev–Trinajstić information content (AvgIpc) is 2.28. The maximum atomic E-state index is 5.83. The molecular weight excluding hydrogens is 186 g/mol. The molecule has 0 radical (unpaired) electrons. The van der Waals surface area contributed by atoms with Crippen molar-refractivity contribution in [2.75, 3.05) is 18.1 Å². The molecule has 0 aromatic heterocycles. The van der Waals surface area contributed by atoms with Crippen LogP contribution in [0.1, 0.15) is 24.8 Å². The molecule has 80 valence electrons. The first-order chi connectivity index (χ1) is 7.34. The number of benzene rings is 1. The van der Waals surface area contributed by atoms with E-state index in [0.717, 1.165) is 12.4 Å². The topological polar surface area (TPSA) is 12.5 Å². The Bertz CT molecular complexity index is 375. The smallest absolute Gasteiger partial charge is 0.142 e. The van der Waals surface area contributed by atoms with Crippen molar-refractivity contribution in [2.45, 2.75) is 32.2 Å². The Balaban J connectivity index is 1.99. The molecule has 0 amide bonds. The van der Waals surface area contributed by atoms with Gasteiger partial charge in [-0.2, -0.15) is 0 Å². The number of hydrogen-bond acceptors (Lipinski definition) is 2. The van der Waals surface area contributed by atoms with Crippen molar-refractivity contribution in [3.8, 4) is 5.75 Å². The first kappa shape index (κ1) is 9.08. The van der Waals surface area contributed by atoms with E-state index < -0.39 is 0 Å². The fourth-order valence-corrected chi connectivity index (χ4v) is 2.65. The fourth-order valence-electron chi connectivity index (χ4n) is 2.65. The van der Waals surface area contributed by atoms with Crippen LogP contribution in [0.5, 0.6) is 5.75 Å². The van der Waals surface area contributed by atoms with E-state index in [1.165, 1.54) is 37.1 Å². The number of anilines is 1. The highest BCUT2D eigenvalue weighted by Gasteiger charge is 2.29. The third-order valence-corrected chi connectivity index (χ3v) is 3.48. The van der Waals surface area contributed by atoms with Gasteiger partial charge in [0.25, 0.3) is 0 Å². The fraction of sp³-hybridized carbons (Fsp3) is 0.538. The van der Waals surface area contributed by atoms with Gasteiger partial charge < -0.3 is 9.64 Å². The van der Waals surface area contributed by atoms with Crippen LogP contribution in [-0.2, 0) is 0 Å². The zero-order chi connectivity index (χ0) is 10.3. The van der Waals surface area contributed by atoms with Crippen molar-refractivity contribution in [3.05, 3.63) is 23.8 Å². The summed E-state index contributed by atoms with van der Waals surface area (Å²) in [5, 5.41) is 0. The lowest BCUT2D eigenvalue weighted by atomic mass is 10.00. The van der Waals surface area contributed by atoms with E-state index in [9.17, 15) is 0 Å². The Labute approximate surface area is 90.8 Å². The second-order valence-corrected chi connectivity index (χ2v) is 4.63. The summed E-state index contributed by atoms with van der Waals surface area (Å²) in [6, 6.07) is 7.16. The van der Waals surface area contributed by atoms with Crippen molar-refractivity contribution >= 4 is 5.69 Å². The number of hydrogen-bond donors (Lipinski definition) is 0. The molecule has 2 aliphatic rings. The highest BCUT2D eigenvalue weighted by Crippen LogP contribution is 2.37. The highest BCUT2D eigenvalue weighted by atomic mass is 16.5. The molecule has 2 heteroatoms. The van der Waals surface area contributed by atoms with Crippen LogP contribution in [0.15, 0.2) is 18.2 Å². The lowest BCUT2D eigenvalue weighted by Gasteiger charge is -2.41. The monoisotopic (exact) mass is 203 g/mol. The molecule has 1 aromatic rings. The minimum Gasteiger partial charge on any atom is -0.489 e. The average molecular weight is 203 g/mol. The first-order valence-electron chi connectivity index (χ1n) is 5.85. The van der Waals surface area contributed by atoms with E-state index in [4.69, 9.17) is 4.74 Å². The van der Waals surface area contributed by atoms with Crippen molar-refractivity contribution in [2.24, 2.45) is 0 Å². The largest absolute Gasteiger partial charge is 0.489 e. The van der Waals surface area contributed by atoms with Crippen LogP contribution in [0, 0.1) is 6.92 Å². The third kappa shape index (κ3) is 1.48. The minimum absolute atomic E-state index is 0.619. The number of fused-ring (bicyclic) bond motifs is 3. The second-order valence-electron chi connectivity index (χ2n) is 4.63. The SMILES string of the molecule is Cc1ccc2c(c1)OCC1CCCCN21. The Morgan fingerprint density at radius 3 is 3.20 bits per heavy atom. The van der Waals surface area contributed by atoms with Crippen molar-refractivity contribution in [3.63, 3.8) is 0 Å². The van der Waals surface area contributed by atoms with Crippen LogP contribution < -0.4 is 9.64 Å². The number of rotatable bonds is 0. The van der Waals surface area contributed by atoms with E-state index in [1.54, 1.807) is 0 Å². The maximum absolute atomic E-state index is 5.83. The minimum atomic E-state index is 0.619. The Morgan fingerprint density at radius 2 is 2.27 bits per heavy atom. The Kier molecular flexibility index (Phi) is 2.08. The molecule has 3 rings (SSSR count). The van der Waals surface area contributed by atoms with Crippen molar-refractivity contribution in [1.82, 2.24) is 0 Å². The molecule has 0 aliphatic carbocycles.